The highest BCUT2D eigenvalue weighted by atomic mass is 35.5. The van der Waals surface area contributed by atoms with Crippen LogP contribution in [-0.4, -0.2) is 10.7 Å². The summed E-state index contributed by atoms with van der Waals surface area (Å²) in [7, 11) is 0. The molecule has 0 saturated carbocycles. The van der Waals surface area contributed by atoms with Gasteiger partial charge in [0.15, 0.2) is 5.78 Å². The van der Waals surface area contributed by atoms with Gasteiger partial charge in [0.05, 0.1) is 15.5 Å². The molecule has 2 aromatic rings. The zero-order valence-corrected chi connectivity index (χ0v) is 11.9. The number of hydrogen-bond acceptors (Lipinski definition) is 3. The van der Waals surface area contributed by atoms with E-state index in [1.165, 1.54) is 24.3 Å². The van der Waals surface area contributed by atoms with Crippen LogP contribution in [0.15, 0.2) is 24.3 Å². The normalized spacial score (nSPS) is 12.2. The van der Waals surface area contributed by atoms with Crippen LogP contribution in [0, 0.1) is 10.1 Å². The van der Waals surface area contributed by atoms with Crippen molar-refractivity contribution < 1.29 is 9.72 Å². The molecule has 100 valence electrons. The van der Waals surface area contributed by atoms with Gasteiger partial charge in [0.25, 0.3) is 5.69 Å². The van der Waals surface area contributed by atoms with E-state index >= 15 is 0 Å². The average Bonchev–Trinajstić information content (AvgIpc) is 2.62. The second kappa shape index (κ2) is 4.45. The number of rotatable bonds is 1. The molecule has 0 atom stereocenters. The van der Waals surface area contributed by atoms with Crippen LogP contribution in [-0.2, 0) is 0 Å². The first kappa shape index (κ1) is 13.4. The molecule has 0 amide bonds. The summed E-state index contributed by atoms with van der Waals surface area (Å²) in [5.74, 6) is -0.370. The SMILES string of the molecule is O=C1c2cc(Cl)cc(Cl)c2-c2c1cc(Cl)cc2[N+](=O)[O-]. The van der Waals surface area contributed by atoms with Gasteiger partial charge in [-0.05, 0) is 18.2 Å². The average molecular weight is 329 g/mol. The van der Waals surface area contributed by atoms with Crippen LogP contribution in [0.25, 0.3) is 11.1 Å². The van der Waals surface area contributed by atoms with E-state index in [1.54, 1.807) is 0 Å². The van der Waals surface area contributed by atoms with Crippen LogP contribution in [0.1, 0.15) is 15.9 Å². The first-order chi connectivity index (χ1) is 9.40. The second-order valence-corrected chi connectivity index (χ2v) is 5.52. The summed E-state index contributed by atoms with van der Waals surface area (Å²) in [6.07, 6.45) is 0. The topological polar surface area (TPSA) is 60.2 Å². The number of carbonyl (C=O) groups is 1. The summed E-state index contributed by atoms with van der Waals surface area (Å²) < 4.78 is 0. The van der Waals surface area contributed by atoms with E-state index in [2.05, 4.69) is 0 Å². The predicted octanol–water partition coefficient (Wildman–Crippen LogP) is 4.77. The Hall–Kier alpha value is -1.62. The molecule has 1 aliphatic carbocycles. The summed E-state index contributed by atoms with van der Waals surface area (Å²) in [6.45, 7) is 0. The Kier molecular flexibility index (Phi) is 2.97. The molecule has 0 unspecified atom stereocenters. The number of carbonyl (C=O) groups excluding carboxylic acids is 1. The first-order valence-corrected chi connectivity index (χ1v) is 6.55. The van der Waals surface area contributed by atoms with Gasteiger partial charge in [-0.3, -0.25) is 14.9 Å². The lowest BCUT2D eigenvalue weighted by Crippen LogP contribution is -1.96. The van der Waals surface area contributed by atoms with Crippen LogP contribution in [0.4, 0.5) is 5.69 Å². The molecule has 3 rings (SSSR count). The molecule has 0 fully saturated rings. The lowest BCUT2D eigenvalue weighted by Gasteiger charge is -2.05. The Morgan fingerprint density at radius 1 is 0.900 bits per heavy atom. The number of hydrogen-bond donors (Lipinski definition) is 0. The summed E-state index contributed by atoms with van der Waals surface area (Å²) >= 11 is 17.8. The molecule has 2 aromatic carbocycles. The molecule has 1 aliphatic rings. The number of fused-ring (bicyclic) bond motifs is 3. The summed E-state index contributed by atoms with van der Waals surface area (Å²) in [4.78, 5) is 22.9. The third kappa shape index (κ3) is 1.80. The largest absolute Gasteiger partial charge is 0.289 e. The van der Waals surface area contributed by atoms with Crippen LogP contribution < -0.4 is 0 Å². The van der Waals surface area contributed by atoms with Gasteiger partial charge in [0.1, 0.15) is 0 Å². The van der Waals surface area contributed by atoms with Crippen LogP contribution >= 0.6 is 34.8 Å². The van der Waals surface area contributed by atoms with E-state index in [-0.39, 0.29) is 38.2 Å². The molecule has 0 aromatic heterocycles. The molecule has 20 heavy (non-hydrogen) atoms. The molecule has 4 nitrogen and oxygen atoms in total. The second-order valence-electron chi connectivity index (χ2n) is 4.24. The Bertz CT molecular complexity index is 802. The van der Waals surface area contributed by atoms with Gasteiger partial charge in [-0.1, -0.05) is 34.8 Å². The van der Waals surface area contributed by atoms with Gasteiger partial charge < -0.3 is 0 Å². The van der Waals surface area contributed by atoms with Gasteiger partial charge in [0.2, 0.25) is 0 Å². The van der Waals surface area contributed by atoms with Gasteiger partial charge >= 0.3 is 0 Å². The fourth-order valence-electron chi connectivity index (χ4n) is 2.33. The molecule has 0 N–H and O–H groups in total. The minimum atomic E-state index is -0.585. The van der Waals surface area contributed by atoms with E-state index in [4.69, 9.17) is 34.8 Å². The highest BCUT2D eigenvalue weighted by Gasteiger charge is 2.35. The Morgan fingerprint density at radius 3 is 2.05 bits per heavy atom. The molecular formula is C13H4Cl3NO3. The molecule has 7 heteroatoms. The van der Waals surface area contributed by atoms with Gasteiger partial charge in [0, 0.05) is 32.8 Å². The zero-order chi connectivity index (χ0) is 14.6. The molecule has 0 heterocycles. The summed E-state index contributed by atoms with van der Waals surface area (Å²) in [5.41, 5.74) is 0.704. The smallest absolute Gasteiger partial charge is 0.279 e. The Labute approximate surface area is 128 Å². The number of ketones is 1. The quantitative estimate of drug-likeness (QED) is 0.477. The molecule has 0 radical (unpaired) electrons. The molecule has 0 aliphatic heterocycles. The van der Waals surface area contributed by atoms with Crippen molar-refractivity contribution in [2.45, 2.75) is 0 Å². The number of nitrogens with zero attached hydrogens (tertiary/aromatic N) is 1. The maximum Gasteiger partial charge on any atom is 0.279 e. The standard InChI is InChI=1S/C13H4Cl3NO3/c14-5-1-7-11(9(16)3-5)12-8(13(7)18)2-6(15)4-10(12)17(19)20/h1-4H. The van der Waals surface area contributed by atoms with Crippen molar-refractivity contribution in [1.29, 1.82) is 0 Å². The third-order valence-corrected chi connectivity index (χ3v) is 3.81. The predicted molar refractivity (Wildman–Crippen MR) is 77.0 cm³/mol. The van der Waals surface area contributed by atoms with Crippen molar-refractivity contribution in [2.75, 3.05) is 0 Å². The molecule has 0 bridgehead atoms. The van der Waals surface area contributed by atoms with E-state index in [9.17, 15) is 14.9 Å². The van der Waals surface area contributed by atoms with Crippen molar-refractivity contribution in [3.05, 3.63) is 60.6 Å². The number of halogens is 3. The highest BCUT2D eigenvalue weighted by Crippen LogP contribution is 2.47. The zero-order valence-electron chi connectivity index (χ0n) is 9.62. The van der Waals surface area contributed by atoms with Crippen molar-refractivity contribution in [3.8, 4) is 11.1 Å². The minimum Gasteiger partial charge on any atom is -0.289 e. The van der Waals surface area contributed by atoms with Crippen LogP contribution in [0.2, 0.25) is 15.1 Å². The number of nitro benzene ring substituents is 1. The number of benzene rings is 2. The molecular weight excluding hydrogens is 325 g/mol. The number of nitro groups is 1. The molecule has 0 spiro atoms. The highest BCUT2D eigenvalue weighted by molar-refractivity contribution is 6.40. The third-order valence-electron chi connectivity index (χ3n) is 3.07. The lowest BCUT2D eigenvalue weighted by atomic mass is 10.0. The Morgan fingerprint density at radius 2 is 1.45 bits per heavy atom. The molecule has 0 saturated heterocycles. The lowest BCUT2D eigenvalue weighted by molar-refractivity contribution is -0.384. The summed E-state index contributed by atoms with van der Waals surface area (Å²) in [6, 6.07) is 5.50. The van der Waals surface area contributed by atoms with Crippen molar-refractivity contribution in [1.82, 2.24) is 0 Å². The monoisotopic (exact) mass is 327 g/mol. The van der Waals surface area contributed by atoms with Crippen molar-refractivity contribution in [2.24, 2.45) is 0 Å². The van der Waals surface area contributed by atoms with Gasteiger partial charge in [-0.2, -0.15) is 0 Å². The van der Waals surface area contributed by atoms with E-state index in [0.29, 0.717) is 10.6 Å². The fourth-order valence-corrected chi connectivity index (χ4v) is 3.13. The maximum atomic E-state index is 12.3. The van der Waals surface area contributed by atoms with Crippen molar-refractivity contribution >= 4 is 46.3 Å². The van der Waals surface area contributed by atoms with Crippen molar-refractivity contribution in [3.63, 3.8) is 0 Å². The maximum absolute atomic E-state index is 12.3. The van der Waals surface area contributed by atoms with Gasteiger partial charge in [-0.15, -0.1) is 0 Å². The van der Waals surface area contributed by atoms with E-state index < -0.39 is 4.92 Å². The van der Waals surface area contributed by atoms with E-state index in [0.717, 1.165) is 0 Å². The van der Waals surface area contributed by atoms with E-state index in [1.807, 2.05) is 0 Å². The minimum absolute atomic E-state index is 0.124. The fraction of sp³-hybridized carbons (Fsp3) is 0. The first-order valence-electron chi connectivity index (χ1n) is 5.42. The summed E-state index contributed by atoms with van der Waals surface area (Å²) in [5, 5.41) is 11.8. The van der Waals surface area contributed by atoms with Crippen LogP contribution in [0.3, 0.4) is 0 Å². The Balaban J connectivity index is 2.46. The van der Waals surface area contributed by atoms with Gasteiger partial charge in [-0.25, -0.2) is 0 Å². The van der Waals surface area contributed by atoms with Crippen LogP contribution in [0.5, 0.6) is 0 Å².